The van der Waals surface area contributed by atoms with E-state index in [1.807, 2.05) is 36.4 Å². The third-order valence-electron chi connectivity index (χ3n) is 6.21. The van der Waals surface area contributed by atoms with Crippen LogP contribution in [0.1, 0.15) is 23.7 Å². The van der Waals surface area contributed by atoms with Crippen LogP contribution in [-0.2, 0) is 38.4 Å². The van der Waals surface area contributed by atoms with E-state index in [9.17, 15) is 29.4 Å². The number of aliphatic hydroxyl groups excluding tert-OH is 1. The van der Waals surface area contributed by atoms with Crippen molar-refractivity contribution < 1.29 is 29.4 Å². The van der Waals surface area contributed by atoms with Gasteiger partial charge in [0, 0.05) is 24.7 Å². The number of aliphatic carboxylic acids is 1. The Morgan fingerprint density at radius 2 is 1.40 bits per heavy atom. The van der Waals surface area contributed by atoms with Gasteiger partial charge in [0.2, 0.25) is 17.7 Å². The van der Waals surface area contributed by atoms with E-state index in [1.54, 1.807) is 24.3 Å². The number of nitrogens with two attached hydrogens (primary N) is 1. The minimum atomic E-state index is -1.50. The van der Waals surface area contributed by atoms with Gasteiger partial charge >= 0.3 is 5.97 Å². The molecule has 0 bridgehead atoms. The number of carboxylic acid groups (broad SMARTS) is 1. The van der Waals surface area contributed by atoms with Gasteiger partial charge in [-0.1, -0.05) is 60.7 Å². The molecule has 12 nitrogen and oxygen atoms in total. The Labute approximate surface area is 231 Å². The maximum Gasteiger partial charge on any atom is 0.326 e. The molecule has 212 valence electrons. The molecule has 3 aromatic rings. The summed E-state index contributed by atoms with van der Waals surface area (Å²) in [6.07, 6.45) is 1.67. The van der Waals surface area contributed by atoms with Crippen molar-refractivity contribution in [1.82, 2.24) is 25.9 Å². The summed E-state index contributed by atoms with van der Waals surface area (Å²) in [6.45, 7) is 1.29. The Bertz CT molecular complexity index is 1250. The number of nitrogens with one attached hydrogen (secondary N) is 4. The Balaban J connectivity index is 1.73. The zero-order chi connectivity index (χ0) is 29.1. The Kier molecular flexibility index (Phi) is 10.9. The lowest BCUT2D eigenvalue weighted by Crippen LogP contribution is -2.60. The molecule has 8 N–H and O–H groups in total. The normalized spacial score (nSPS) is 14.7. The van der Waals surface area contributed by atoms with E-state index >= 15 is 0 Å². The zero-order valence-electron chi connectivity index (χ0n) is 22.0. The second-order valence-electron chi connectivity index (χ2n) is 9.45. The monoisotopic (exact) mass is 550 g/mol. The molecule has 0 radical (unpaired) electrons. The smallest absolute Gasteiger partial charge is 0.326 e. The molecule has 0 aliphatic heterocycles. The number of carboxylic acids is 1. The Hall–Kier alpha value is -4.55. The van der Waals surface area contributed by atoms with E-state index < -0.39 is 54.0 Å². The number of imidazole rings is 1. The van der Waals surface area contributed by atoms with Gasteiger partial charge in [-0.05, 0) is 24.5 Å². The van der Waals surface area contributed by atoms with Crippen LogP contribution in [0.5, 0.6) is 0 Å². The van der Waals surface area contributed by atoms with Crippen molar-refractivity contribution in [3.63, 3.8) is 0 Å². The number of carbonyl (C=O) groups excluding carboxylic acids is 3. The Morgan fingerprint density at radius 1 is 0.825 bits per heavy atom. The van der Waals surface area contributed by atoms with E-state index in [2.05, 4.69) is 25.9 Å². The summed E-state index contributed by atoms with van der Waals surface area (Å²) in [4.78, 5) is 57.7. The summed E-state index contributed by atoms with van der Waals surface area (Å²) < 4.78 is 0. The van der Waals surface area contributed by atoms with Crippen molar-refractivity contribution in [2.45, 2.75) is 56.5 Å². The first-order valence-corrected chi connectivity index (χ1v) is 12.8. The summed E-state index contributed by atoms with van der Waals surface area (Å²) in [6, 6.07) is 13.2. The maximum atomic E-state index is 13.4. The van der Waals surface area contributed by atoms with Crippen LogP contribution in [0.4, 0.5) is 0 Å². The molecule has 2 aromatic carbocycles. The number of carbonyl (C=O) groups is 4. The second-order valence-corrected chi connectivity index (χ2v) is 9.45. The number of benzene rings is 2. The number of H-pyrrole nitrogens is 1. The van der Waals surface area contributed by atoms with E-state index in [0.717, 1.165) is 11.1 Å². The highest BCUT2D eigenvalue weighted by atomic mass is 16.4. The molecule has 40 heavy (non-hydrogen) atoms. The van der Waals surface area contributed by atoms with E-state index in [0.29, 0.717) is 5.69 Å². The number of aromatic amines is 1. The standard InChI is InChI=1S/C28H34N6O6/c1-17(35)24(27(38)33-23(28(39)40)14-20-15-30-16-31-20)34-26(37)22(13-19-10-6-3-7-11-19)32-25(36)21(29)12-18-8-4-2-5-9-18/h2-11,15-17,21-24,35H,12-14,29H2,1H3,(H,30,31)(H,32,36)(H,33,38)(H,34,37)(H,39,40). The van der Waals surface area contributed by atoms with Crippen LogP contribution in [0.15, 0.2) is 73.2 Å². The highest BCUT2D eigenvalue weighted by molar-refractivity contribution is 5.94. The van der Waals surface area contributed by atoms with Crippen molar-refractivity contribution in [2.75, 3.05) is 0 Å². The SMILES string of the molecule is CC(O)C(NC(=O)C(Cc1ccccc1)NC(=O)C(N)Cc1ccccc1)C(=O)NC(Cc1cnc[nH]1)C(=O)O. The van der Waals surface area contributed by atoms with Crippen LogP contribution >= 0.6 is 0 Å². The predicted octanol–water partition coefficient (Wildman–Crippen LogP) is -0.315. The van der Waals surface area contributed by atoms with Crippen molar-refractivity contribution >= 4 is 23.7 Å². The lowest BCUT2D eigenvalue weighted by atomic mass is 10.0. The number of rotatable bonds is 14. The quantitative estimate of drug-likeness (QED) is 0.142. The summed E-state index contributed by atoms with van der Waals surface area (Å²) in [7, 11) is 0. The number of hydrogen-bond acceptors (Lipinski definition) is 7. The summed E-state index contributed by atoms with van der Waals surface area (Å²) >= 11 is 0. The van der Waals surface area contributed by atoms with E-state index in [-0.39, 0.29) is 19.3 Å². The lowest BCUT2D eigenvalue weighted by molar-refractivity contribution is -0.143. The van der Waals surface area contributed by atoms with Crippen molar-refractivity contribution in [3.8, 4) is 0 Å². The summed E-state index contributed by atoms with van der Waals surface area (Å²) in [5.41, 5.74) is 8.18. The highest BCUT2D eigenvalue weighted by Gasteiger charge is 2.33. The molecule has 3 rings (SSSR count). The molecule has 0 saturated heterocycles. The number of amides is 3. The number of nitrogens with zero attached hydrogens (tertiary/aromatic N) is 1. The second kappa shape index (κ2) is 14.6. The lowest BCUT2D eigenvalue weighted by Gasteiger charge is -2.26. The molecule has 5 atom stereocenters. The molecule has 5 unspecified atom stereocenters. The number of aromatic nitrogens is 2. The van der Waals surface area contributed by atoms with Crippen molar-refractivity contribution in [3.05, 3.63) is 90.0 Å². The molecule has 0 fully saturated rings. The number of hydrogen-bond donors (Lipinski definition) is 7. The summed E-state index contributed by atoms with van der Waals surface area (Å²) in [5, 5.41) is 27.3. The summed E-state index contributed by atoms with van der Waals surface area (Å²) in [5.74, 6) is -3.52. The van der Waals surface area contributed by atoms with Gasteiger partial charge in [-0.25, -0.2) is 9.78 Å². The zero-order valence-corrected chi connectivity index (χ0v) is 22.0. The van der Waals surface area contributed by atoms with Gasteiger partial charge in [-0.15, -0.1) is 0 Å². The molecule has 0 saturated carbocycles. The predicted molar refractivity (Wildman–Crippen MR) is 146 cm³/mol. The van der Waals surface area contributed by atoms with Gasteiger partial charge in [-0.3, -0.25) is 14.4 Å². The molecule has 0 aliphatic rings. The first kappa shape index (κ1) is 30.0. The molecule has 1 aromatic heterocycles. The average Bonchev–Trinajstić information content (AvgIpc) is 3.44. The third-order valence-corrected chi connectivity index (χ3v) is 6.21. The molecule has 3 amide bonds. The minimum absolute atomic E-state index is 0.0855. The topological polar surface area (TPSA) is 200 Å². The van der Waals surface area contributed by atoms with Gasteiger partial charge in [0.15, 0.2) is 0 Å². The van der Waals surface area contributed by atoms with Crippen LogP contribution < -0.4 is 21.7 Å². The maximum absolute atomic E-state index is 13.4. The van der Waals surface area contributed by atoms with Gasteiger partial charge in [0.25, 0.3) is 0 Å². The van der Waals surface area contributed by atoms with Crippen molar-refractivity contribution in [2.24, 2.45) is 5.73 Å². The molecular weight excluding hydrogens is 516 g/mol. The van der Waals surface area contributed by atoms with Gasteiger partial charge in [0.05, 0.1) is 18.5 Å². The largest absolute Gasteiger partial charge is 0.480 e. The molecule has 1 heterocycles. The molecular formula is C28H34N6O6. The van der Waals surface area contributed by atoms with Crippen LogP contribution in [0.2, 0.25) is 0 Å². The average molecular weight is 551 g/mol. The van der Waals surface area contributed by atoms with Crippen LogP contribution in [0, 0.1) is 0 Å². The Morgan fingerprint density at radius 3 is 1.93 bits per heavy atom. The van der Waals surface area contributed by atoms with Crippen LogP contribution in [0.25, 0.3) is 0 Å². The fraction of sp³-hybridized carbons (Fsp3) is 0.321. The van der Waals surface area contributed by atoms with Crippen LogP contribution in [0.3, 0.4) is 0 Å². The van der Waals surface area contributed by atoms with E-state index in [1.165, 1.54) is 19.4 Å². The van der Waals surface area contributed by atoms with Crippen LogP contribution in [-0.4, -0.2) is 74.1 Å². The number of aliphatic hydroxyl groups is 1. The highest BCUT2D eigenvalue weighted by Crippen LogP contribution is 2.08. The fourth-order valence-corrected chi connectivity index (χ4v) is 4.04. The molecule has 0 spiro atoms. The van der Waals surface area contributed by atoms with E-state index in [4.69, 9.17) is 5.73 Å². The van der Waals surface area contributed by atoms with Gasteiger partial charge < -0.3 is 36.9 Å². The first-order chi connectivity index (χ1) is 19.1. The molecule has 0 aliphatic carbocycles. The first-order valence-electron chi connectivity index (χ1n) is 12.8. The molecule has 12 heteroatoms. The fourth-order valence-electron chi connectivity index (χ4n) is 4.04. The van der Waals surface area contributed by atoms with Gasteiger partial charge in [-0.2, -0.15) is 0 Å². The third kappa shape index (κ3) is 9.03. The minimum Gasteiger partial charge on any atom is -0.480 e. The van der Waals surface area contributed by atoms with Gasteiger partial charge in [0.1, 0.15) is 18.1 Å². The van der Waals surface area contributed by atoms with Crippen molar-refractivity contribution in [1.29, 1.82) is 0 Å².